The number of aryl methyl sites for hydroxylation is 1. The summed E-state index contributed by atoms with van der Waals surface area (Å²) in [5, 5.41) is 8.15. The van der Waals surface area contributed by atoms with Crippen LogP contribution in [0.15, 0.2) is 24.3 Å². The number of aromatic nitrogens is 3. The first kappa shape index (κ1) is 15.8. The lowest BCUT2D eigenvalue weighted by Crippen LogP contribution is -2.53. The molecule has 130 valence electrons. The number of rotatable bonds is 3. The Morgan fingerprint density at radius 3 is 2.72 bits per heavy atom. The van der Waals surface area contributed by atoms with Crippen molar-refractivity contribution in [2.45, 2.75) is 51.2 Å². The van der Waals surface area contributed by atoms with E-state index >= 15 is 0 Å². The van der Waals surface area contributed by atoms with E-state index in [4.69, 9.17) is 5.73 Å². The first-order chi connectivity index (χ1) is 12.0. The Balaban J connectivity index is 1.65. The summed E-state index contributed by atoms with van der Waals surface area (Å²) in [6.07, 6.45) is 3.59. The lowest BCUT2D eigenvalue weighted by Gasteiger charge is -2.34. The average Bonchev–Trinajstić information content (AvgIpc) is 2.92. The monoisotopic (exact) mass is 339 g/mol. The van der Waals surface area contributed by atoms with Crippen molar-refractivity contribution in [3.05, 3.63) is 47.0 Å². The summed E-state index contributed by atoms with van der Waals surface area (Å²) in [4.78, 5) is 26.5. The molecule has 2 heterocycles. The molecule has 4 rings (SSSR count). The van der Waals surface area contributed by atoms with Crippen LogP contribution in [0.4, 0.5) is 0 Å². The maximum Gasteiger partial charge on any atom is 0.255 e. The minimum absolute atomic E-state index is 0.183. The van der Waals surface area contributed by atoms with E-state index < -0.39 is 11.9 Å². The van der Waals surface area contributed by atoms with E-state index in [2.05, 4.69) is 16.3 Å². The molecule has 1 aromatic carbocycles. The lowest BCUT2D eigenvalue weighted by molar-refractivity contribution is -0.123. The predicted molar refractivity (Wildman–Crippen MR) is 90.6 cm³/mol. The van der Waals surface area contributed by atoms with Gasteiger partial charge in [-0.25, -0.2) is 0 Å². The molecule has 2 aliphatic rings. The third-order valence-corrected chi connectivity index (χ3v) is 5.36. The van der Waals surface area contributed by atoms with Gasteiger partial charge in [0, 0.05) is 5.56 Å². The molecule has 7 nitrogen and oxygen atoms in total. The zero-order valence-electron chi connectivity index (χ0n) is 14.2. The topological polar surface area (TPSA) is 94.1 Å². The second-order valence-electron chi connectivity index (χ2n) is 6.88. The van der Waals surface area contributed by atoms with Crippen molar-refractivity contribution >= 4 is 11.8 Å². The number of primary amides is 1. The van der Waals surface area contributed by atoms with E-state index in [0.717, 1.165) is 5.82 Å². The fraction of sp³-hybridized carbons (Fsp3) is 0.444. The Bertz CT molecular complexity index is 840. The van der Waals surface area contributed by atoms with Crippen LogP contribution in [0.1, 0.15) is 52.8 Å². The van der Waals surface area contributed by atoms with E-state index in [1.807, 2.05) is 23.6 Å². The second-order valence-corrected chi connectivity index (χ2v) is 6.88. The molecule has 0 radical (unpaired) electrons. The van der Waals surface area contributed by atoms with Gasteiger partial charge in [0.15, 0.2) is 5.82 Å². The molecule has 2 N–H and O–H groups in total. The molecule has 2 aromatic rings. The molecule has 1 unspecified atom stereocenters. The average molecular weight is 339 g/mol. The largest absolute Gasteiger partial charge is 0.368 e. The SMILES string of the molecule is Cc1nnc2n1CC(C(N)=O)N(C(=O)c1cccc(C3CCC3)c1)C2. The fourth-order valence-corrected chi connectivity index (χ4v) is 3.60. The number of nitrogens with two attached hydrogens (primary N) is 1. The Morgan fingerprint density at radius 2 is 2.04 bits per heavy atom. The van der Waals surface area contributed by atoms with E-state index in [0.29, 0.717) is 23.9 Å². The van der Waals surface area contributed by atoms with Crippen LogP contribution in [0.5, 0.6) is 0 Å². The van der Waals surface area contributed by atoms with Crippen molar-refractivity contribution in [1.82, 2.24) is 19.7 Å². The maximum absolute atomic E-state index is 13.1. The number of hydrogen-bond donors (Lipinski definition) is 1. The van der Waals surface area contributed by atoms with E-state index in [9.17, 15) is 9.59 Å². The predicted octanol–water partition coefficient (Wildman–Crippen LogP) is 1.36. The van der Waals surface area contributed by atoms with Gasteiger partial charge in [-0.1, -0.05) is 18.6 Å². The maximum atomic E-state index is 13.1. The van der Waals surface area contributed by atoms with E-state index in [1.54, 1.807) is 6.07 Å². The van der Waals surface area contributed by atoms with Gasteiger partial charge in [0.05, 0.1) is 13.1 Å². The van der Waals surface area contributed by atoms with Gasteiger partial charge in [-0.05, 0) is 43.4 Å². The summed E-state index contributed by atoms with van der Waals surface area (Å²) in [6, 6.07) is 7.04. The van der Waals surface area contributed by atoms with Gasteiger partial charge in [-0.2, -0.15) is 0 Å². The first-order valence-electron chi connectivity index (χ1n) is 8.63. The first-order valence-corrected chi connectivity index (χ1v) is 8.63. The third-order valence-electron chi connectivity index (χ3n) is 5.36. The Morgan fingerprint density at radius 1 is 1.24 bits per heavy atom. The van der Waals surface area contributed by atoms with Gasteiger partial charge in [0.2, 0.25) is 5.91 Å². The minimum Gasteiger partial charge on any atom is -0.368 e. The smallest absolute Gasteiger partial charge is 0.255 e. The fourth-order valence-electron chi connectivity index (χ4n) is 3.60. The van der Waals surface area contributed by atoms with Crippen LogP contribution in [-0.2, 0) is 17.9 Å². The third kappa shape index (κ3) is 2.69. The van der Waals surface area contributed by atoms with Gasteiger partial charge < -0.3 is 15.2 Å². The molecule has 1 saturated carbocycles. The van der Waals surface area contributed by atoms with Crippen LogP contribution in [0.2, 0.25) is 0 Å². The number of benzene rings is 1. The van der Waals surface area contributed by atoms with Gasteiger partial charge in [-0.3, -0.25) is 9.59 Å². The van der Waals surface area contributed by atoms with Crippen LogP contribution in [0, 0.1) is 6.92 Å². The minimum atomic E-state index is -0.693. The quantitative estimate of drug-likeness (QED) is 0.913. The molecule has 25 heavy (non-hydrogen) atoms. The number of amides is 2. The molecule has 0 bridgehead atoms. The molecular weight excluding hydrogens is 318 g/mol. The zero-order valence-corrected chi connectivity index (χ0v) is 14.2. The molecule has 7 heteroatoms. The highest BCUT2D eigenvalue weighted by molar-refractivity contribution is 5.97. The Labute approximate surface area is 145 Å². The summed E-state index contributed by atoms with van der Waals surface area (Å²) in [5.74, 6) is 1.25. The molecule has 0 spiro atoms. The molecule has 1 aliphatic heterocycles. The summed E-state index contributed by atoms with van der Waals surface area (Å²) in [5.41, 5.74) is 7.37. The van der Waals surface area contributed by atoms with Gasteiger partial charge in [0.1, 0.15) is 11.9 Å². The number of carbonyl (C=O) groups excluding carboxylic acids is 2. The molecule has 2 amide bonds. The standard InChI is InChI=1S/C18H21N5O2/c1-11-20-21-16-10-23(15(17(19)24)9-22(11)16)18(25)14-7-3-6-13(8-14)12-4-2-5-12/h3,6-8,12,15H,2,4-5,9-10H2,1H3,(H2,19,24). The van der Waals surface area contributed by atoms with Crippen molar-refractivity contribution in [1.29, 1.82) is 0 Å². The molecular formula is C18H21N5O2. The molecule has 1 aromatic heterocycles. The molecule has 1 atom stereocenters. The summed E-state index contributed by atoms with van der Waals surface area (Å²) >= 11 is 0. The summed E-state index contributed by atoms with van der Waals surface area (Å²) in [7, 11) is 0. The number of carbonyl (C=O) groups is 2. The zero-order chi connectivity index (χ0) is 17.6. The van der Waals surface area contributed by atoms with E-state index in [1.165, 1.54) is 29.7 Å². The van der Waals surface area contributed by atoms with Crippen LogP contribution < -0.4 is 5.73 Å². The Kier molecular flexibility index (Phi) is 3.78. The van der Waals surface area contributed by atoms with Crippen LogP contribution in [-0.4, -0.2) is 37.5 Å². The molecule has 1 aliphatic carbocycles. The van der Waals surface area contributed by atoms with Gasteiger partial charge in [-0.15, -0.1) is 10.2 Å². The highest BCUT2D eigenvalue weighted by atomic mass is 16.2. The Hall–Kier alpha value is -2.70. The lowest BCUT2D eigenvalue weighted by atomic mass is 9.79. The molecule has 1 fully saturated rings. The van der Waals surface area contributed by atoms with Crippen molar-refractivity contribution in [3.8, 4) is 0 Å². The van der Waals surface area contributed by atoms with E-state index in [-0.39, 0.29) is 12.5 Å². The highest BCUT2D eigenvalue weighted by Gasteiger charge is 2.36. The normalized spacial score (nSPS) is 20.0. The van der Waals surface area contributed by atoms with Gasteiger partial charge >= 0.3 is 0 Å². The number of nitrogens with zero attached hydrogens (tertiary/aromatic N) is 4. The highest BCUT2D eigenvalue weighted by Crippen LogP contribution is 2.36. The van der Waals surface area contributed by atoms with Crippen LogP contribution in [0.25, 0.3) is 0 Å². The number of hydrogen-bond acceptors (Lipinski definition) is 4. The molecule has 0 saturated heterocycles. The van der Waals surface area contributed by atoms with Crippen LogP contribution >= 0.6 is 0 Å². The summed E-state index contributed by atoms with van der Waals surface area (Å²) < 4.78 is 1.85. The van der Waals surface area contributed by atoms with Crippen molar-refractivity contribution in [2.24, 2.45) is 5.73 Å². The van der Waals surface area contributed by atoms with Crippen LogP contribution in [0.3, 0.4) is 0 Å². The van der Waals surface area contributed by atoms with Crippen molar-refractivity contribution < 1.29 is 9.59 Å². The second kappa shape index (κ2) is 5.98. The van der Waals surface area contributed by atoms with Gasteiger partial charge in [0.25, 0.3) is 5.91 Å². The number of fused-ring (bicyclic) bond motifs is 1. The summed E-state index contributed by atoms with van der Waals surface area (Å²) in [6.45, 7) is 2.37. The van der Waals surface area contributed by atoms with Crippen molar-refractivity contribution in [2.75, 3.05) is 0 Å². The van der Waals surface area contributed by atoms with Crippen molar-refractivity contribution in [3.63, 3.8) is 0 Å².